The quantitative estimate of drug-likeness (QED) is 0.805. The molecule has 3 N–H and O–H groups in total. The van der Waals surface area contributed by atoms with Crippen molar-refractivity contribution in [1.82, 2.24) is 5.32 Å². The number of nitrogens with one attached hydrogen (secondary N) is 1. The van der Waals surface area contributed by atoms with E-state index in [1.807, 2.05) is 52.0 Å². The largest absolute Gasteiger partial charge is 0.491 e. The summed E-state index contributed by atoms with van der Waals surface area (Å²) in [5.41, 5.74) is 6.87. The van der Waals surface area contributed by atoms with E-state index in [1.54, 1.807) is 0 Å². The maximum Gasteiger partial charge on any atom is 0.237 e. The second-order valence-corrected chi connectivity index (χ2v) is 5.40. The molecule has 2 atom stereocenters. The average Bonchev–Trinajstić information content (AvgIpc) is 2.43. The smallest absolute Gasteiger partial charge is 0.237 e. The van der Waals surface area contributed by atoms with Crippen molar-refractivity contribution in [2.75, 3.05) is 0 Å². The molecule has 0 saturated carbocycles. The number of hydrogen-bond acceptors (Lipinski definition) is 3. The van der Waals surface area contributed by atoms with Gasteiger partial charge in [0.25, 0.3) is 0 Å². The van der Waals surface area contributed by atoms with Gasteiger partial charge in [0.1, 0.15) is 5.75 Å². The maximum atomic E-state index is 12.0. The van der Waals surface area contributed by atoms with E-state index >= 15 is 0 Å². The number of benzene rings is 1. The zero-order chi connectivity index (χ0) is 15.1. The van der Waals surface area contributed by atoms with Gasteiger partial charge in [-0.1, -0.05) is 38.5 Å². The summed E-state index contributed by atoms with van der Waals surface area (Å²) in [6, 6.07) is 7.26. The monoisotopic (exact) mass is 278 g/mol. The number of hydrogen-bond donors (Lipinski definition) is 2. The lowest BCUT2D eigenvalue weighted by Gasteiger charge is -2.19. The molecule has 4 heteroatoms. The Labute approximate surface area is 121 Å². The van der Waals surface area contributed by atoms with Crippen molar-refractivity contribution in [2.45, 2.75) is 52.8 Å². The van der Waals surface area contributed by atoms with Crippen LogP contribution in [0.4, 0.5) is 0 Å². The molecule has 0 radical (unpaired) electrons. The van der Waals surface area contributed by atoms with E-state index < -0.39 is 6.04 Å². The van der Waals surface area contributed by atoms with E-state index in [4.69, 9.17) is 10.5 Å². The predicted molar refractivity (Wildman–Crippen MR) is 81.5 cm³/mol. The molecule has 0 fully saturated rings. The number of carbonyl (C=O) groups excluding carboxylic acids is 1. The van der Waals surface area contributed by atoms with Gasteiger partial charge >= 0.3 is 0 Å². The fourth-order valence-electron chi connectivity index (χ4n) is 1.83. The number of nitrogens with two attached hydrogens (primary N) is 1. The van der Waals surface area contributed by atoms with Crippen molar-refractivity contribution in [2.24, 2.45) is 11.7 Å². The average molecular weight is 278 g/mol. The van der Waals surface area contributed by atoms with E-state index in [2.05, 4.69) is 5.32 Å². The van der Waals surface area contributed by atoms with Crippen molar-refractivity contribution in [3.8, 4) is 5.75 Å². The first-order valence-electron chi connectivity index (χ1n) is 7.23. The minimum absolute atomic E-state index is 0.106. The Morgan fingerprint density at radius 2 is 1.95 bits per heavy atom. The molecule has 112 valence electrons. The van der Waals surface area contributed by atoms with Crippen LogP contribution in [0.3, 0.4) is 0 Å². The predicted octanol–water partition coefficient (Wildman–Crippen LogP) is 2.46. The lowest BCUT2D eigenvalue weighted by molar-refractivity contribution is -0.123. The molecule has 1 aromatic rings. The minimum Gasteiger partial charge on any atom is -0.491 e. The van der Waals surface area contributed by atoms with E-state index in [0.717, 1.165) is 17.7 Å². The number of para-hydroxylation sites is 1. The van der Waals surface area contributed by atoms with E-state index in [0.29, 0.717) is 6.54 Å². The molecule has 0 aromatic heterocycles. The summed E-state index contributed by atoms with van der Waals surface area (Å²) < 4.78 is 5.72. The SMILES string of the molecule is CCC(C)C(N)C(=O)NCc1ccccc1OC(C)C. The first-order valence-corrected chi connectivity index (χ1v) is 7.23. The molecule has 1 aromatic carbocycles. The summed E-state index contributed by atoms with van der Waals surface area (Å²) >= 11 is 0. The summed E-state index contributed by atoms with van der Waals surface area (Å²) in [5, 5.41) is 2.88. The molecule has 0 aliphatic carbocycles. The van der Waals surface area contributed by atoms with Gasteiger partial charge in [-0.15, -0.1) is 0 Å². The highest BCUT2D eigenvalue weighted by Gasteiger charge is 2.19. The molecular formula is C16H26N2O2. The topological polar surface area (TPSA) is 64.4 Å². The van der Waals surface area contributed by atoms with Crippen LogP contribution in [0.25, 0.3) is 0 Å². The van der Waals surface area contributed by atoms with Crippen molar-refractivity contribution in [3.05, 3.63) is 29.8 Å². The number of ether oxygens (including phenoxy) is 1. The third-order valence-corrected chi connectivity index (χ3v) is 3.35. The third-order valence-electron chi connectivity index (χ3n) is 3.35. The van der Waals surface area contributed by atoms with Gasteiger partial charge in [0.2, 0.25) is 5.91 Å². The number of rotatable bonds is 7. The molecule has 0 aliphatic rings. The zero-order valence-electron chi connectivity index (χ0n) is 12.8. The van der Waals surface area contributed by atoms with Crippen LogP contribution in [0.15, 0.2) is 24.3 Å². The van der Waals surface area contributed by atoms with Gasteiger partial charge < -0.3 is 15.8 Å². The van der Waals surface area contributed by atoms with Gasteiger partial charge in [-0.3, -0.25) is 4.79 Å². The number of carbonyl (C=O) groups is 1. The lowest BCUT2D eigenvalue weighted by atomic mass is 9.99. The molecule has 0 aliphatic heterocycles. The van der Waals surface area contributed by atoms with Crippen LogP contribution in [0.5, 0.6) is 5.75 Å². The highest BCUT2D eigenvalue weighted by atomic mass is 16.5. The van der Waals surface area contributed by atoms with Gasteiger partial charge in [-0.05, 0) is 25.8 Å². The van der Waals surface area contributed by atoms with E-state index in [1.165, 1.54) is 0 Å². The summed E-state index contributed by atoms with van der Waals surface area (Å²) in [7, 11) is 0. The summed E-state index contributed by atoms with van der Waals surface area (Å²) in [4.78, 5) is 12.0. The highest BCUT2D eigenvalue weighted by molar-refractivity contribution is 5.81. The van der Waals surface area contributed by atoms with Gasteiger partial charge in [0, 0.05) is 12.1 Å². The first kappa shape index (κ1) is 16.5. The normalized spacial score (nSPS) is 13.9. The van der Waals surface area contributed by atoms with Crippen LogP contribution >= 0.6 is 0 Å². The Morgan fingerprint density at radius 3 is 2.55 bits per heavy atom. The Kier molecular flexibility index (Phi) is 6.52. The van der Waals surface area contributed by atoms with Crippen LogP contribution < -0.4 is 15.8 Å². The standard InChI is InChI=1S/C16H26N2O2/c1-5-12(4)15(17)16(19)18-10-13-8-6-7-9-14(13)20-11(2)3/h6-9,11-12,15H,5,10,17H2,1-4H3,(H,18,19). The molecular weight excluding hydrogens is 252 g/mol. The molecule has 4 nitrogen and oxygen atoms in total. The van der Waals surface area contributed by atoms with Crippen molar-refractivity contribution in [1.29, 1.82) is 0 Å². The molecule has 1 amide bonds. The molecule has 2 unspecified atom stereocenters. The summed E-state index contributed by atoms with van der Waals surface area (Å²) in [6.45, 7) is 8.41. The van der Waals surface area contributed by atoms with Crippen LogP contribution in [-0.2, 0) is 11.3 Å². The van der Waals surface area contributed by atoms with Gasteiger partial charge in [-0.2, -0.15) is 0 Å². The van der Waals surface area contributed by atoms with Crippen molar-refractivity contribution in [3.63, 3.8) is 0 Å². The third kappa shape index (κ3) is 4.85. The minimum atomic E-state index is -0.460. The lowest BCUT2D eigenvalue weighted by Crippen LogP contribution is -2.44. The van der Waals surface area contributed by atoms with Crippen molar-refractivity contribution < 1.29 is 9.53 Å². The van der Waals surface area contributed by atoms with Crippen LogP contribution in [0, 0.1) is 5.92 Å². The Balaban J connectivity index is 2.63. The van der Waals surface area contributed by atoms with Gasteiger partial charge in [0.15, 0.2) is 0 Å². The molecule has 0 heterocycles. The Bertz CT molecular complexity index is 432. The molecule has 0 saturated heterocycles. The second-order valence-electron chi connectivity index (χ2n) is 5.40. The van der Waals surface area contributed by atoms with Gasteiger partial charge in [-0.25, -0.2) is 0 Å². The van der Waals surface area contributed by atoms with Crippen molar-refractivity contribution >= 4 is 5.91 Å². The molecule has 0 bridgehead atoms. The van der Waals surface area contributed by atoms with E-state index in [-0.39, 0.29) is 17.9 Å². The molecule has 0 spiro atoms. The Hall–Kier alpha value is -1.55. The zero-order valence-corrected chi connectivity index (χ0v) is 12.8. The fourth-order valence-corrected chi connectivity index (χ4v) is 1.83. The Morgan fingerprint density at radius 1 is 1.30 bits per heavy atom. The van der Waals surface area contributed by atoms with Crippen LogP contribution in [-0.4, -0.2) is 18.1 Å². The maximum absolute atomic E-state index is 12.0. The first-order chi connectivity index (χ1) is 9.45. The van der Waals surface area contributed by atoms with Gasteiger partial charge in [0.05, 0.1) is 12.1 Å². The molecule has 1 rings (SSSR count). The van der Waals surface area contributed by atoms with Crippen LogP contribution in [0.2, 0.25) is 0 Å². The summed E-state index contributed by atoms with van der Waals surface area (Å²) in [5.74, 6) is 0.871. The second kappa shape index (κ2) is 7.90. The number of amides is 1. The van der Waals surface area contributed by atoms with E-state index in [9.17, 15) is 4.79 Å². The van der Waals surface area contributed by atoms with Crippen LogP contribution in [0.1, 0.15) is 39.7 Å². The fraction of sp³-hybridized carbons (Fsp3) is 0.562. The molecule has 20 heavy (non-hydrogen) atoms. The summed E-state index contributed by atoms with van der Waals surface area (Å²) in [6.07, 6.45) is 0.996. The highest BCUT2D eigenvalue weighted by Crippen LogP contribution is 2.19.